The fraction of sp³-hybridized carbons (Fsp3) is 0.529. The predicted molar refractivity (Wildman–Crippen MR) is 85.2 cm³/mol. The van der Waals surface area contributed by atoms with Crippen molar-refractivity contribution in [2.75, 3.05) is 5.75 Å². The molecule has 21 heavy (non-hydrogen) atoms. The summed E-state index contributed by atoms with van der Waals surface area (Å²) in [6, 6.07) is 7.01. The van der Waals surface area contributed by atoms with E-state index in [2.05, 4.69) is 13.8 Å². The van der Waals surface area contributed by atoms with E-state index in [1.54, 1.807) is 12.1 Å². The Kier molecular flexibility index (Phi) is 4.59. The third kappa shape index (κ3) is 4.42. The van der Waals surface area contributed by atoms with Crippen LogP contribution in [0, 0.1) is 6.92 Å². The maximum absolute atomic E-state index is 12.2. The van der Waals surface area contributed by atoms with Gasteiger partial charge in [-0.05, 0) is 52.7 Å². The molecule has 116 valence electrons. The van der Waals surface area contributed by atoms with Gasteiger partial charge in [0.05, 0.1) is 22.4 Å². The molecule has 0 amide bonds. The van der Waals surface area contributed by atoms with Crippen LogP contribution in [-0.4, -0.2) is 25.9 Å². The number of aryl methyl sites for hydroxylation is 1. The molecule has 0 N–H and O–H groups in total. The molecule has 0 bridgehead atoms. The minimum absolute atomic E-state index is 0.00819. The molecule has 0 aromatic heterocycles. The molecule has 0 aliphatic carbocycles. The van der Waals surface area contributed by atoms with E-state index in [4.69, 9.17) is 4.74 Å². The van der Waals surface area contributed by atoms with E-state index in [0.29, 0.717) is 11.0 Å². The normalized spacial score (nSPS) is 21.3. The van der Waals surface area contributed by atoms with E-state index in [0.717, 1.165) is 24.0 Å². The van der Waals surface area contributed by atoms with Crippen LogP contribution < -0.4 is 0 Å². The number of benzene rings is 1. The first kappa shape index (κ1) is 16.2. The van der Waals surface area contributed by atoms with Gasteiger partial charge in [-0.15, -0.1) is 0 Å². The molecule has 0 spiro atoms. The van der Waals surface area contributed by atoms with E-state index in [1.807, 2.05) is 32.1 Å². The maximum atomic E-state index is 12.2. The lowest BCUT2D eigenvalue weighted by atomic mass is 10.0. The minimum Gasteiger partial charge on any atom is -0.367 e. The molecule has 0 radical (unpaired) electrons. The lowest BCUT2D eigenvalue weighted by Gasteiger charge is -2.04. The van der Waals surface area contributed by atoms with Crippen LogP contribution in [0.5, 0.6) is 0 Å². The number of hydrogen-bond acceptors (Lipinski definition) is 3. The number of ether oxygens (including phenoxy) is 1. The summed E-state index contributed by atoms with van der Waals surface area (Å²) >= 11 is 0. The second kappa shape index (κ2) is 5.93. The van der Waals surface area contributed by atoms with Crippen LogP contribution in [0.4, 0.5) is 0 Å². The van der Waals surface area contributed by atoms with Crippen LogP contribution in [-0.2, 0) is 14.6 Å². The summed E-state index contributed by atoms with van der Waals surface area (Å²) in [7, 11) is -3.23. The Labute approximate surface area is 127 Å². The molecule has 0 saturated carbocycles. The van der Waals surface area contributed by atoms with Crippen molar-refractivity contribution in [3.8, 4) is 0 Å². The molecule has 1 saturated heterocycles. The number of epoxide rings is 1. The van der Waals surface area contributed by atoms with Gasteiger partial charge in [0.2, 0.25) is 0 Å². The zero-order chi connectivity index (χ0) is 15.7. The van der Waals surface area contributed by atoms with Crippen molar-refractivity contribution >= 4 is 9.84 Å². The molecule has 1 aromatic rings. The van der Waals surface area contributed by atoms with Gasteiger partial charge < -0.3 is 4.74 Å². The van der Waals surface area contributed by atoms with Gasteiger partial charge in [-0.3, -0.25) is 0 Å². The Morgan fingerprint density at radius 1 is 1.29 bits per heavy atom. The van der Waals surface area contributed by atoms with Gasteiger partial charge in [0.1, 0.15) is 0 Å². The molecular weight excluding hydrogens is 284 g/mol. The van der Waals surface area contributed by atoms with Crippen molar-refractivity contribution in [1.29, 1.82) is 0 Å². The Hall–Kier alpha value is -1.13. The number of rotatable bonds is 6. The van der Waals surface area contributed by atoms with Crippen molar-refractivity contribution in [3.05, 3.63) is 41.5 Å². The molecule has 2 rings (SSSR count). The van der Waals surface area contributed by atoms with E-state index in [1.165, 1.54) is 0 Å². The second-order valence-corrected chi connectivity index (χ2v) is 8.43. The van der Waals surface area contributed by atoms with Gasteiger partial charge in [0.25, 0.3) is 0 Å². The fourth-order valence-electron chi connectivity index (χ4n) is 2.29. The fourth-order valence-corrected chi connectivity index (χ4v) is 3.54. The molecule has 1 aliphatic heterocycles. The highest BCUT2D eigenvalue weighted by molar-refractivity contribution is 7.91. The molecule has 1 aromatic carbocycles. The Morgan fingerprint density at radius 3 is 2.38 bits per heavy atom. The van der Waals surface area contributed by atoms with Crippen molar-refractivity contribution in [1.82, 2.24) is 0 Å². The van der Waals surface area contributed by atoms with Crippen molar-refractivity contribution in [2.45, 2.75) is 57.1 Å². The van der Waals surface area contributed by atoms with Crippen LogP contribution in [0.15, 0.2) is 40.8 Å². The summed E-state index contributed by atoms with van der Waals surface area (Å²) in [5.41, 5.74) is 2.18. The lowest BCUT2D eigenvalue weighted by molar-refractivity contribution is 0.320. The van der Waals surface area contributed by atoms with Crippen molar-refractivity contribution < 1.29 is 13.2 Å². The summed E-state index contributed by atoms with van der Waals surface area (Å²) in [5.74, 6) is 0.0663. The van der Waals surface area contributed by atoms with Crippen LogP contribution in [0.2, 0.25) is 0 Å². The second-order valence-electron chi connectivity index (χ2n) is 6.39. The van der Waals surface area contributed by atoms with E-state index < -0.39 is 9.84 Å². The summed E-state index contributed by atoms with van der Waals surface area (Å²) < 4.78 is 30.0. The van der Waals surface area contributed by atoms with Gasteiger partial charge in [0.15, 0.2) is 9.84 Å². The first-order chi connectivity index (χ1) is 9.71. The van der Waals surface area contributed by atoms with Crippen LogP contribution in [0.3, 0.4) is 0 Å². The first-order valence-electron chi connectivity index (χ1n) is 7.33. The maximum Gasteiger partial charge on any atom is 0.181 e. The Balaban J connectivity index is 1.91. The third-order valence-corrected chi connectivity index (χ3v) is 5.59. The van der Waals surface area contributed by atoms with Gasteiger partial charge >= 0.3 is 0 Å². The van der Waals surface area contributed by atoms with Crippen LogP contribution >= 0.6 is 0 Å². The van der Waals surface area contributed by atoms with E-state index >= 15 is 0 Å². The molecule has 1 atom stereocenters. The molecule has 3 nitrogen and oxygen atoms in total. The number of sulfone groups is 1. The topological polar surface area (TPSA) is 46.7 Å². The number of hydrogen-bond donors (Lipinski definition) is 0. The van der Waals surface area contributed by atoms with Gasteiger partial charge in [-0.2, -0.15) is 0 Å². The monoisotopic (exact) mass is 308 g/mol. The zero-order valence-corrected chi connectivity index (χ0v) is 14.0. The zero-order valence-electron chi connectivity index (χ0n) is 13.2. The Morgan fingerprint density at radius 2 is 1.86 bits per heavy atom. The quantitative estimate of drug-likeness (QED) is 0.595. The highest BCUT2D eigenvalue weighted by atomic mass is 32.2. The minimum atomic E-state index is -3.23. The molecule has 1 heterocycles. The van der Waals surface area contributed by atoms with Gasteiger partial charge in [-0.25, -0.2) is 8.42 Å². The molecule has 0 unspecified atom stereocenters. The molecule has 4 heteroatoms. The highest BCUT2D eigenvalue weighted by Crippen LogP contribution is 2.38. The third-order valence-electron chi connectivity index (χ3n) is 4.00. The average molecular weight is 308 g/mol. The van der Waals surface area contributed by atoms with Crippen molar-refractivity contribution in [3.63, 3.8) is 0 Å². The number of allylic oxidation sites excluding steroid dienone is 1. The molecular formula is C17H24O3S. The molecule has 1 fully saturated rings. The van der Waals surface area contributed by atoms with Crippen LogP contribution in [0.25, 0.3) is 0 Å². The SMILES string of the molecule is C/C(=C\CS(=O)(=O)c1ccc(C)cc1)CC[C@@H]1OC1(C)C. The summed E-state index contributed by atoms with van der Waals surface area (Å²) in [5, 5.41) is 0. The standard InChI is InChI=1S/C17H24O3S/c1-13-5-8-15(9-6-13)21(18,19)12-11-14(2)7-10-16-17(3,4)20-16/h5-6,8-9,11,16H,7,10,12H2,1-4H3/b14-11+/t16-/m0/s1. The van der Waals surface area contributed by atoms with Crippen molar-refractivity contribution in [2.24, 2.45) is 0 Å². The highest BCUT2D eigenvalue weighted by Gasteiger charge is 2.46. The summed E-state index contributed by atoms with van der Waals surface area (Å²) in [6.45, 7) is 8.10. The largest absolute Gasteiger partial charge is 0.367 e. The average Bonchev–Trinajstić information content (AvgIpc) is 3.02. The molecule has 1 aliphatic rings. The lowest BCUT2D eigenvalue weighted by Crippen LogP contribution is -2.06. The van der Waals surface area contributed by atoms with E-state index in [9.17, 15) is 8.42 Å². The van der Waals surface area contributed by atoms with Gasteiger partial charge in [-0.1, -0.05) is 29.3 Å². The predicted octanol–water partition coefficient (Wildman–Crippen LogP) is 3.67. The Bertz CT molecular complexity index is 625. The smallest absolute Gasteiger partial charge is 0.181 e. The van der Waals surface area contributed by atoms with E-state index in [-0.39, 0.29) is 11.4 Å². The summed E-state index contributed by atoms with van der Waals surface area (Å²) in [4.78, 5) is 0.392. The summed E-state index contributed by atoms with van der Waals surface area (Å²) in [6.07, 6.45) is 3.98. The van der Waals surface area contributed by atoms with Gasteiger partial charge in [0, 0.05) is 0 Å². The van der Waals surface area contributed by atoms with Crippen LogP contribution in [0.1, 0.15) is 39.2 Å². The first-order valence-corrected chi connectivity index (χ1v) is 8.99.